The van der Waals surface area contributed by atoms with E-state index in [1.54, 1.807) is 7.11 Å². The summed E-state index contributed by atoms with van der Waals surface area (Å²) < 4.78 is 10.9. The van der Waals surface area contributed by atoms with Crippen molar-refractivity contribution in [3.05, 3.63) is 53.6 Å². The number of ether oxygens (including phenoxy) is 1. The first-order chi connectivity index (χ1) is 14.5. The van der Waals surface area contributed by atoms with Gasteiger partial charge in [0.15, 0.2) is 0 Å². The molecular formula is C22H26N4O4. The Bertz CT molecular complexity index is 1050. The summed E-state index contributed by atoms with van der Waals surface area (Å²) in [6.45, 7) is 3.99. The number of carbonyl (C=O) groups excluding carboxylic acids is 2. The minimum absolute atomic E-state index is 0.0968. The number of hydrogen-bond acceptors (Lipinski definition) is 5. The molecule has 2 aromatic heterocycles. The van der Waals surface area contributed by atoms with Crippen molar-refractivity contribution in [1.29, 1.82) is 0 Å². The molecule has 1 aliphatic rings. The number of furan rings is 1. The second kappa shape index (κ2) is 8.62. The molecule has 0 radical (unpaired) electrons. The van der Waals surface area contributed by atoms with Crippen LogP contribution in [0.2, 0.25) is 0 Å². The van der Waals surface area contributed by atoms with Crippen molar-refractivity contribution in [2.45, 2.75) is 32.5 Å². The molecule has 0 unspecified atom stereocenters. The van der Waals surface area contributed by atoms with Gasteiger partial charge in [0.1, 0.15) is 17.3 Å². The summed E-state index contributed by atoms with van der Waals surface area (Å²) in [6, 6.07) is 11.0. The van der Waals surface area contributed by atoms with Crippen LogP contribution in [0.15, 0.2) is 40.8 Å². The molecule has 0 aliphatic carbocycles. The first-order valence-electron chi connectivity index (χ1n) is 10.0. The van der Waals surface area contributed by atoms with Gasteiger partial charge in [-0.1, -0.05) is 0 Å². The predicted octanol–water partition coefficient (Wildman–Crippen LogP) is 2.08. The second-order valence-electron chi connectivity index (χ2n) is 7.52. The molecule has 4 rings (SSSR count). The normalized spacial score (nSPS) is 17.1. The number of rotatable bonds is 7. The van der Waals surface area contributed by atoms with Gasteiger partial charge in [0.25, 0.3) is 0 Å². The van der Waals surface area contributed by atoms with Gasteiger partial charge >= 0.3 is 0 Å². The lowest BCUT2D eigenvalue weighted by Crippen LogP contribution is -2.56. The maximum absolute atomic E-state index is 12.6. The third kappa shape index (κ3) is 4.49. The molecule has 0 spiro atoms. The number of fused-ring (bicyclic) bond motifs is 1. The Hall–Kier alpha value is -3.26. The summed E-state index contributed by atoms with van der Waals surface area (Å²) in [5.41, 5.74) is 1.87. The number of aromatic amines is 1. The molecule has 1 saturated heterocycles. The van der Waals surface area contributed by atoms with E-state index in [9.17, 15) is 9.59 Å². The number of nitrogens with zero attached hydrogens (tertiary/aromatic N) is 1. The molecule has 1 atom stereocenters. The highest BCUT2D eigenvalue weighted by molar-refractivity contribution is 5.89. The van der Waals surface area contributed by atoms with E-state index in [1.165, 1.54) is 0 Å². The van der Waals surface area contributed by atoms with Crippen molar-refractivity contribution < 1.29 is 18.7 Å². The standard InChI is InChI=1S/C22H26N4O4/c1-14-3-4-18(30-14)13-26-8-7-23-22(28)20(26)11-21(27)24-12-16-9-15-10-17(29-2)5-6-19(15)25-16/h3-6,9-10,20,25H,7-8,11-13H2,1-2H3,(H,23,28)(H,24,27)/t20-/m0/s1. The van der Waals surface area contributed by atoms with E-state index in [1.807, 2.05) is 48.2 Å². The Balaban J connectivity index is 1.37. The van der Waals surface area contributed by atoms with Gasteiger partial charge in [0.05, 0.1) is 32.7 Å². The molecule has 1 aromatic carbocycles. The summed E-state index contributed by atoms with van der Waals surface area (Å²) in [4.78, 5) is 30.3. The molecule has 30 heavy (non-hydrogen) atoms. The van der Waals surface area contributed by atoms with Crippen LogP contribution < -0.4 is 15.4 Å². The zero-order chi connectivity index (χ0) is 21.1. The number of carbonyl (C=O) groups is 2. The number of piperazine rings is 1. The van der Waals surface area contributed by atoms with Gasteiger partial charge in [-0.25, -0.2) is 0 Å². The van der Waals surface area contributed by atoms with E-state index in [0.29, 0.717) is 26.2 Å². The largest absolute Gasteiger partial charge is 0.497 e. The van der Waals surface area contributed by atoms with Gasteiger partial charge in [0, 0.05) is 29.7 Å². The van der Waals surface area contributed by atoms with Gasteiger partial charge in [-0.3, -0.25) is 14.5 Å². The maximum atomic E-state index is 12.6. The SMILES string of the molecule is COc1ccc2[nH]c(CNC(=O)C[C@H]3C(=O)NCCN3Cc3ccc(C)o3)cc2c1. The van der Waals surface area contributed by atoms with E-state index in [-0.39, 0.29) is 18.2 Å². The molecule has 1 aliphatic heterocycles. The molecule has 3 aromatic rings. The van der Waals surface area contributed by atoms with Crippen LogP contribution in [0.3, 0.4) is 0 Å². The molecule has 158 valence electrons. The average Bonchev–Trinajstić information content (AvgIpc) is 3.33. The number of H-pyrrole nitrogens is 1. The lowest BCUT2D eigenvalue weighted by Gasteiger charge is -2.34. The Morgan fingerprint density at radius 1 is 1.30 bits per heavy atom. The van der Waals surface area contributed by atoms with Crippen molar-refractivity contribution in [2.24, 2.45) is 0 Å². The van der Waals surface area contributed by atoms with Gasteiger partial charge < -0.3 is 24.8 Å². The van der Waals surface area contributed by atoms with Gasteiger partial charge in [-0.2, -0.15) is 0 Å². The molecule has 0 saturated carbocycles. The Kier molecular flexibility index (Phi) is 5.76. The van der Waals surface area contributed by atoms with Crippen LogP contribution in [0.5, 0.6) is 5.75 Å². The van der Waals surface area contributed by atoms with Crippen molar-refractivity contribution >= 4 is 22.7 Å². The van der Waals surface area contributed by atoms with E-state index >= 15 is 0 Å². The van der Waals surface area contributed by atoms with Crippen LogP contribution in [0, 0.1) is 6.92 Å². The molecular weight excluding hydrogens is 384 g/mol. The zero-order valence-electron chi connectivity index (χ0n) is 17.2. The molecule has 8 nitrogen and oxygen atoms in total. The number of amides is 2. The molecule has 3 N–H and O–H groups in total. The molecule has 2 amide bonds. The monoisotopic (exact) mass is 410 g/mol. The van der Waals surface area contributed by atoms with Crippen LogP contribution >= 0.6 is 0 Å². The lowest BCUT2D eigenvalue weighted by molar-refractivity contribution is -0.134. The van der Waals surface area contributed by atoms with Crippen LogP contribution in [-0.2, 0) is 22.7 Å². The van der Waals surface area contributed by atoms with Crippen molar-refractivity contribution in [3.8, 4) is 5.75 Å². The van der Waals surface area contributed by atoms with E-state index in [2.05, 4.69) is 15.6 Å². The molecule has 1 fully saturated rings. The van der Waals surface area contributed by atoms with Crippen molar-refractivity contribution in [2.75, 3.05) is 20.2 Å². The van der Waals surface area contributed by atoms with Gasteiger partial charge in [0.2, 0.25) is 11.8 Å². The van der Waals surface area contributed by atoms with Crippen LogP contribution in [0.25, 0.3) is 10.9 Å². The maximum Gasteiger partial charge on any atom is 0.237 e. The second-order valence-corrected chi connectivity index (χ2v) is 7.52. The fourth-order valence-corrected chi connectivity index (χ4v) is 3.78. The number of benzene rings is 1. The van der Waals surface area contributed by atoms with Crippen LogP contribution in [-0.4, -0.2) is 47.9 Å². The van der Waals surface area contributed by atoms with Crippen LogP contribution in [0.4, 0.5) is 0 Å². The Morgan fingerprint density at radius 3 is 2.93 bits per heavy atom. The quantitative estimate of drug-likeness (QED) is 0.554. The lowest BCUT2D eigenvalue weighted by atomic mass is 10.1. The average molecular weight is 410 g/mol. The predicted molar refractivity (Wildman–Crippen MR) is 112 cm³/mol. The van der Waals surface area contributed by atoms with Gasteiger partial charge in [-0.15, -0.1) is 0 Å². The number of nitrogens with one attached hydrogen (secondary N) is 3. The highest BCUT2D eigenvalue weighted by atomic mass is 16.5. The van der Waals surface area contributed by atoms with Gasteiger partial charge in [-0.05, 0) is 43.3 Å². The third-order valence-electron chi connectivity index (χ3n) is 5.34. The van der Waals surface area contributed by atoms with E-state index in [0.717, 1.165) is 33.9 Å². The highest BCUT2D eigenvalue weighted by Gasteiger charge is 2.32. The number of aromatic nitrogens is 1. The molecule has 0 bridgehead atoms. The minimum Gasteiger partial charge on any atom is -0.497 e. The summed E-state index contributed by atoms with van der Waals surface area (Å²) >= 11 is 0. The summed E-state index contributed by atoms with van der Waals surface area (Å²) in [7, 11) is 1.63. The highest BCUT2D eigenvalue weighted by Crippen LogP contribution is 2.21. The van der Waals surface area contributed by atoms with Crippen molar-refractivity contribution in [3.63, 3.8) is 0 Å². The fourth-order valence-electron chi connectivity index (χ4n) is 3.78. The summed E-state index contributed by atoms with van der Waals surface area (Å²) in [6.07, 6.45) is 0.0968. The first kappa shape index (κ1) is 20.0. The summed E-state index contributed by atoms with van der Waals surface area (Å²) in [5.74, 6) is 2.11. The van der Waals surface area contributed by atoms with Crippen LogP contribution in [0.1, 0.15) is 23.6 Å². The molecule has 3 heterocycles. The fraction of sp³-hybridized carbons (Fsp3) is 0.364. The van der Waals surface area contributed by atoms with E-state index in [4.69, 9.17) is 9.15 Å². The van der Waals surface area contributed by atoms with E-state index < -0.39 is 6.04 Å². The topological polar surface area (TPSA) is 99.6 Å². The first-order valence-corrected chi connectivity index (χ1v) is 10.0. The molecule has 8 heteroatoms. The number of aryl methyl sites for hydroxylation is 1. The third-order valence-corrected chi connectivity index (χ3v) is 5.34. The number of hydrogen-bond donors (Lipinski definition) is 3. The zero-order valence-corrected chi connectivity index (χ0v) is 17.2. The number of methoxy groups -OCH3 is 1. The summed E-state index contributed by atoms with van der Waals surface area (Å²) in [5, 5.41) is 6.78. The Morgan fingerprint density at radius 2 is 2.17 bits per heavy atom. The Labute approximate surface area is 174 Å². The van der Waals surface area contributed by atoms with Crippen molar-refractivity contribution in [1.82, 2.24) is 20.5 Å². The minimum atomic E-state index is -0.517. The smallest absolute Gasteiger partial charge is 0.237 e.